The Balaban J connectivity index is 1.79. The number of amides is 1. The molecule has 1 aromatic heterocycles. The fraction of sp³-hybridized carbons (Fsp3) is 0.211. The number of carbonyl (C=O) groups excluding carboxylic acids is 2. The zero-order chi connectivity index (χ0) is 18.7. The van der Waals surface area contributed by atoms with Gasteiger partial charge in [-0.1, -0.05) is 0 Å². The second kappa shape index (κ2) is 7.88. The maximum Gasteiger partial charge on any atom is 0.338 e. The van der Waals surface area contributed by atoms with Crippen LogP contribution in [0.5, 0.6) is 0 Å². The minimum absolute atomic E-state index is 0.0667. The molecule has 2 aromatic rings. The number of aliphatic imine (C=N–C) groups is 1. The van der Waals surface area contributed by atoms with Gasteiger partial charge in [0.05, 0.1) is 22.8 Å². The van der Waals surface area contributed by atoms with Crippen LogP contribution in [0.3, 0.4) is 0 Å². The molecule has 1 aliphatic heterocycles. The number of esters is 1. The Morgan fingerprint density at radius 1 is 1.23 bits per heavy atom. The highest BCUT2D eigenvalue weighted by Crippen LogP contribution is 2.34. The van der Waals surface area contributed by atoms with Gasteiger partial charge < -0.3 is 4.74 Å². The van der Waals surface area contributed by atoms with Crippen molar-refractivity contribution in [2.45, 2.75) is 13.8 Å². The highest BCUT2D eigenvalue weighted by molar-refractivity contribution is 8.18. The fourth-order valence-corrected chi connectivity index (χ4v) is 4.18. The number of nitrogens with zero attached hydrogens (tertiary/aromatic N) is 2. The lowest BCUT2D eigenvalue weighted by molar-refractivity contribution is -0.121. The Morgan fingerprint density at radius 2 is 1.96 bits per heavy atom. The van der Waals surface area contributed by atoms with Gasteiger partial charge in [0.15, 0.2) is 5.17 Å². The van der Waals surface area contributed by atoms with Gasteiger partial charge in [-0.15, -0.1) is 11.3 Å². The summed E-state index contributed by atoms with van der Waals surface area (Å²) in [5.74, 6) is -0.423. The lowest BCUT2D eigenvalue weighted by atomic mass is 10.2. The molecule has 0 bridgehead atoms. The van der Waals surface area contributed by atoms with Crippen LogP contribution in [0.2, 0.25) is 0 Å². The van der Waals surface area contributed by atoms with Crippen LogP contribution in [0.4, 0.5) is 5.69 Å². The molecule has 0 atom stereocenters. The molecule has 0 aliphatic carbocycles. The largest absolute Gasteiger partial charge is 0.462 e. The van der Waals surface area contributed by atoms with Crippen molar-refractivity contribution in [2.24, 2.45) is 4.99 Å². The van der Waals surface area contributed by atoms with Crippen molar-refractivity contribution >= 4 is 51.9 Å². The van der Waals surface area contributed by atoms with E-state index in [1.807, 2.05) is 25.1 Å². The Morgan fingerprint density at radius 3 is 2.58 bits per heavy atom. The van der Waals surface area contributed by atoms with Gasteiger partial charge >= 0.3 is 5.97 Å². The third-order valence-electron chi connectivity index (χ3n) is 3.64. The summed E-state index contributed by atoms with van der Waals surface area (Å²) in [6.45, 7) is 4.14. The van der Waals surface area contributed by atoms with Crippen molar-refractivity contribution in [2.75, 3.05) is 13.7 Å². The lowest BCUT2D eigenvalue weighted by Crippen LogP contribution is -2.23. The van der Waals surface area contributed by atoms with Gasteiger partial charge in [0.25, 0.3) is 5.91 Å². The first-order valence-electron chi connectivity index (χ1n) is 8.08. The molecule has 5 nitrogen and oxygen atoms in total. The van der Waals surface area contributed by atoms with E-state index in [9.17, 15) is 9.59 Å². The fourth-order valence-electron chi connectivity index (χ4n) is 2.31. The van der Waals surface area contributed by atoms with Crippen LogP contribution in [0, 0.1) is 6.92 Å². The van der Waals surface area contributed by atoms with Crippen LogP contribution in [-0.4, -0.2) is 35.6 Å². The molecule has 0 spiro atoms. The molecule has 0 radical (unpaired) electrons. The molecule has 3 rings (SSSR count). The molecule has 1 saturated heterocycles. The van der Waals surface area contributed by atoms with E-state index in [0.29, 0.717) is 27.9 Å². The summed E-state index contributed by atoms with van der Waals surface area (Å²) in [7, 11) is 1.71. The number of hydrogen-bond donors (Lipinski definition) is 0. The number of carbonyl (C=O) groups is 2. The van der Waals surface area contributed by atoms with E-state index in [1.54, 1.807) is 49.6 Å². The molecule has 7 heteroatoms. The van der Waals surface area contributed by atoms with Gasteiger partial charge in [-0.25, -0.2) is 9.79 Å². The Hall–Kier alpha value is -2.38. The number of thioether (sulfide) groups is 1. The molecule has 1 fully saturated rings. The van der Waals surface area contributed by atoms with E-state index < -0.39 is 0 Å². The zero-order valence-corrected chi connectivity index (χ0v) is 16.3. The molecule has 26 heavy (non-hydrogen) atoms. The first kappa shape index (κ1) is 18.4. The van der Waals surface area contributed by atoms with Gasteiger partial charge in [-0.05, 0) is 68.1 Å². The first-order valence-corrected chi connectivity index (χ1v) is 9.71. The topological polar surface area (TPSA) is 59.0 Å². The molecule has 2 heterocycles. The highest BCUT2D eigenvalue weighted by atomic mass is 32.2. The van der Waals surface area contributed by atoms with Gasteiger partial charge in [-0.3, -0.25) is 9.69 Å². The van der Waals surface area contributed by atoms with Crippen molar-refractivity contribution < 1.29 is 14.3 Å². The molecule has 134 valence electrons. The molecule has 1 aliphatic rings. The molecule has 1 amide bonds. The van der Waals surface area contributed by atoms with Crippen molar-refractivity contribution in [1.29, 1.82) is 0 Å². The van der Waals surface area contributed by atoms with E-state index in [0.717, 1.165) is 4.88 Å². The number of hydrogen-bond acceptors (Lipinski definition) is 6. The number of aryl methyl sites for hydroxylation is 1. The summed E-state index contributed by atoms with van der Waals surface area (Å²) in [6, 6.07) is 10.9. The highest BCUT2D eigenvalue weighted by Gasteiger charge is 2.30. The van der Waals surface area contributed by atoms with Crippen molar-refractivity contribution in [3.63, 3.8) is 0 Å². The molecule has 1 aromatic carbocycles. The van der Waals surface area contributed by atoms with E-state index in [4.69, 9.17) is 4.74 Å². The Kier molecular flexibility index (Phi) is 5.58. The van der Waals surface area contributed by atoms with E-state index in [1.165, 1.54) is 21.5 Å². The van der Waals surface area contributed by atoms with Gasteiger partial charge in [0.2, 0.25) is 0 Å². The van der Waals surface area contributed by atoms with E-state index in [-0.39, 0.29) is 11.9 Å². The Bertz CT molecular complexity index is 898. The van der Waals surface area contributed by atoms with Crippen LogP contribution in [0.1, 0.15) is 27.0 Å². The quantitative estimate of drug-likeness (QED) is 0.575. The molecule has 0 saturated carbocycles. The normalized spacial score (nSPS) is 17.3. The van der Waals surface area contributed by atoms with Gasteiger partial charge in [0, 0.05) is 16.8 Å². The summed E-state index contributed by atoms with van der Waals surface area (Å²) in [6.07, 6.45) is 1.90. The number of amidine groups is 1. The first-order chi connectivity index (χ1) is 12.5. The zero-order valence-electron chi connectivity index (χ0n) is 14.7. The number of likely N-dealkylation sites (N-methyl/N-ethyl adjacent to an activating group) is 1. The molecule has 0 unspecified atom stereocenters. The average molecular weight is 386 g/mol. The monoisotopic (exact) mass is 386 g/mol. The van der Waals surface area contributed by atoms with Gasteiger partial charge in [0.1, 0.15) is 0 Å². The molecular weight excluding hydrogens is 368 g/mol. The summed E-state index contributed by atoms with van der Waals surface area (Å²) in [5, 5.41) is 0.610. The second-order valence-corrected chi connectivity index (χ2v) is 7.91. The van der Waals surface area contributed by atoms with Crippen molar-refractivity contribution in [3.05, 3.63) is 56.6 Å². The minimum atomic E-state index is -0.356. The number of ether oxygens (including phenoxy) is 1. The number of thiophene rings is 1. The summed E-state index contributed by atoms with van der Waals surface area (Å²) >= 11 is 2.99. The van der Waals surface area contributed by atoms with E-state index >= 15 is 0 Å². The third-order valence-corrected chi connectivity index (χ3v) is 5.65. The van der Waals surface area contributed by atoms with Crippen LogP contribution < -0.4 is 0 Å². The second-order valence-electron chi connectivity index (χ2n) is 5.58. The standard InChI is InChI=1S/C19H18N2O3S2/c1-4-24-18(23)13-6-8-14(9-7-13)20-19-21(3)17(22)16(26-19)11-15-10-5-12(2)25-15/h5-11H,4H2,1-3H3. The maximum atomic E-state index is 12.4. The molecule has 0 N–H and O–H groups in total. The SMILES string of the molecule is CCOC(=O)c1ccc(N=C2SC(=Cc3ccc(C)s3)C(=O)N2C)cc1. The van der Waals surface area contributed by atoms with Gasteiger partial charge in [-0.2, -0.15) is 0 Å². The van der Waals surface area contributed by atoms with E-state index in [2.05, 4.69) is 4.99 Å². The minimum Gasteiger partial charge on any atom is -0.462 e. The molecular formula is C19H18N2O3S2. The Labute approximate surface area is 160 Å². The predicted octanol–water partition coefficient (Wildman–Crippen LogP) is 4.47. The maximum absolute atomic E-state index is 12.4. The summed E-state index contributed by atoms with van der Waals surface area (Å²) in [5.41, 5.74) is 1.15. The average Bonchev–Trinajstić information content (AvgIpc) is 3.15. The lowest BCUT2D eigenvalue weighted by Gasteiger charge is -2.07. The number of rotatable bonds is 4. The van der Waals surface area contributed by atoms with Crippen LogP contribution >= 0.6 is 23.1 Å². The smallest absolute Gasteiger partial charge is 0.338 e. The van der Waals surface area contributed by atoms with Crippen LogP contribution in [-0.2, 0) is 9.53 Å². The van der Waals surface area contributed by atoms with Crippen LogP contribution in [0.15, 0.2) is 46.3 Å². The third kappa shape index (κ3) is 4.05. The van der Waals surface area contributed by atoms with Crippen LogP contribution in [0.25, 0.3) is 6.08 Å². The van der Waals surface area contributed by atoms with Crippen molar-refractivity contribution in [3.8, 4) is 0 Å². The van der Waals surface area contributed by atoms with Crippen molar-refractivity contribution in [1.82, 2.24) is 4.90 Å². The predicted molar refractivity (Wildman–Crippen MR) is 107 cm³/mol. The summed E-state index contributed by atoms with van der Waals surface area (Å²) < 4.78 is 4.97. The number of benzene rings is 1. The summed E-state index contributed by atoms with van der Waals surface area (Å²) in [4.78, 5) is 33.1.